The minimum Gasteiger partial charge on any atom is -0.406 e. The van der Waals surface area contributed by atoms with Crippen molar-refractivity contribution in [3.8, 4) is 5.75 Å². The molecule has 0 aliphatic heterocycles. The van der Waals surface area contributed by atoms with Crippen LogP contribution in [0.4, 0.5) is 13.2 Å². The Kier molecular flexibility index (Phi) is 5.82. The van der Waals surface area contributed by atoms with E-state index >= 15 is 0 Å². The minimum atomic E-state index is -4.86. The van der Waals surface area contributed by atoms with Gasteiger partial charge in [0.1, 0.15) is 11.4 Å². The van der Waals surface area contributed by atoms with Gasteiger partial charge in [0.05, 0.1) is 4.90 Å². The van der Waals surface area contributed by atoms with Crippen molar-refractivity contribution in [2.75, 3.05) is 6.54 Å². The summed E-state index contributed by atoms with van der Waals surface area (Å²) in [5.74, 6) is -0.528. The summed E-state index contributed by atoms with van der Waals surface area (Å²) in [5.41, 5.74) is -1.03. The first-order valence-corrected chi connectivity index (χ1v) is 11.1. The minimum absolute atomic E-state index is 0.249. The maximum absolute atomic E-state index is 12.5. The highest BCUT2D eigenvalue weighted by Crippen LogP contribution is 2.34. The first-order chi connectivity index (χ1) is 13.1. The van der Waals surface area contributed by atoms with Crippen LogP contribution in [0, 0.1) is 0 Å². The van der Waals surface area contributed by atoms with Gasteiger partial charge in [-0.25, -0.2) is 13.1 Å². The molecule has 3 rings (SSSR count). The first-order valence-electron chi connectivity index (χ1n) is 7.75. The molecular formula is C17H14F3NO4S3. The van der Waals surface area contributed by atoms with Crippen LogP contribution >= 0.6 is 22.7 Å². The average Bonchev–Trinajstić information content (AvgIpc) is 3.32. The third-order valence-electron chi connectivity index (χ3n) is 3.81. The highest BCUT2D eigenvalue weighted by molar-refractivity contribution is 7.89. The van der Waals surface area contributed by atoms with Crippen LogP contribution in [0.5, 0.6) is 5.75 Å². The molecule has 2 heterocycles. The average molecular weight is 449 g/mol. The molecule has 0 amide bonds. The van der Waals surface area contributed by atoms with Crippen molar-refractivity contribution in [1.29, 1.82) is 0 Å². The number of nitrogens with one attached hydrogen (secondary N) is 1. The van der Waals surface area contributed by atoms with E-state index in [0.29, 0.717) is 10.4 Å². The van der Waals surface area contributed by atoms with Crippen LogP contribution in [-0.4, -0.2) is 26.4 Å². The van der Waals surface area contributed by atoms with E-state index < -0.39 is 27.7 Å². The van der Waals surface area contributed by atoms with Gasteiger partial charge in [-0.05, 0) is 52.5 Å². The number of hydrogen-bond acceptors (Lipinski definition) is 6. The number of thiophene rings is 2. The van der Waals surface area contributed by atoms with Gasteiger partial charge in [-0.3, -0.25) is 0 Å². The van der Waals surface area contributed by atoms with Gasteiger partial charge in [0.2, 0.25) is 10.0 Å². The Balaban J connectivity index is 1.80. The largest absolute Gasteiger partial charge is 0.573 e. The zero-order chi connectivity index (χ0) is 20.4. The predicted octanol–water partition coefficient (Wildman–Crippen LogP) is 3.92. The summed E-state index contributed by atoms with van der Waals surface area (Å²) in [6.45, 7) is -0.340. The fourth-order valence-corrected chi connectivity index (χ4v) is 5.08. The Morgan fingerprint density at radius 1 is 1.07 bits per heavy atom. The Bertz CT molecular complexity index is 965. The molecule has 0 bridgehead atoms. The zero-order valence-electron chi connectivity index (χ0n) is 14.0. The Hall–Kier alpha value is -1.92. The Labute approximate surface area is 167 Å². The second-order valence-corrected chi connectivity index (χ2v) is 9.19. The molecule has 2 aromatic heterocycles. The lowest BCUT2D eigenvalue weighted by Crippen LogP contribution is -2.40. The van der Waals surface area contributed by atoms with Crippen molar-refractivity contribution in [3.63, 3.8) is 0 Å². The molecule has 0 radical (unpaired) electrons. The van der Waals surface area contributed by atoms with Gasteiger partial charge >= 0.3 is 6.36 Å². The van der Waals surface area contributed by atoms with Gasteiger partial charge in [0.25, 0.3) is 0 Å². The molecule has 5 nitrogen and oxygen atoms in total. The van der Waals surface area contributed by atoms with Gasteiger partial charge in [-0.1, -0.05) is 6.07 Å². The van der Waals surface area contributed by atoms with Gasteiger partial charge in [0, 0.05) is 17.0 Å². The lowest BCUT2D eigenvalue weighted by atomic mass is 9.95. The molecule has 150 valence electrons. The maximum Gasteiger partial charge on any atom is 0.573 e. The number of halogens is 3. The van der Waals surface area contributed by atoms with Crippen LogP contribution < -0.4 is 9.46 Å². The summed E-state index contributed by atoms with van der Waals surface area (Å²) in [4.78, 5) is 0.309. The zero-order valence-corrected chi connectivity index (χ0v) is 16.5. The fraction of sp³-hybridized carbons (Fsp3) is 0.176. The second kappa shape index (κ2) is 7.84. The molecule has 1 aromatic carbocycles. The smallest absolute Gasteiger partial charge is 0.406 e. The number of sulfonamides is 1. The molecule has 0 spiro atoms. The van der Waals surface area contributed by atoms with E-state index in [0.717, 1.165) is 24.3 Å². The summed E-state index contributed by atoms with van der Waals surface area (Å²) in [7, 11) is -4.07. The van der Waals surface area contributed by atoms with Crippen molar-refractivity contribution in [2.45, 2.75) is 16.9 Å². The molecule has 1 atom stereocenters. The maximum atomic E-state index is 12.5. The molecule has 28 heavy (non-hydrogen) atoms. The predicted molar refractivity (Wildman–Crippen MR) is 100.0 cm³/mol. The van der Waals surface area contributed by atoms with Gasteiger partial charge in [-0.15, -0.1) is 24.5 Å². The monoisotopic (exact) mass is 449 g/mol. The highest BCUT2D eigenvalue weighted by atomic mass is 32.2. The van der Waals surface area contributed by atoms with Gasteiger partial charge < -0.3 is 9.84 Å². The number of aliphatic hydroxyl groups is 1. The Morgan fingerprint density at radius 2 is 1.79 bits per heavy atom. The van der Waals surface area contributed by atoms with E-state index in [1.54, 1.807) is 34.3 Å². The third-order valence-corrected chi connectivity index (χ3v) is 6.93. The fourth-order valence-electron chi connectivity index (χ4n) is 2.45. The second-order valence-electron chi connectivity index (χ2n) is 5.69. The SMILES string of the molecule is O=S(=O)(NCC(O)(c1ccsc1)c1cccs1)c1ccc(OC(F)(F)F)cc1. The van der Waals surface area contributed by atoms with Crippen molar-refractivity contribution >= 4 is 32.7 Å². The van der Waals surface area contributed by atoms with Crippen LogP contribution in [0.2, 0.25) is 0 Å². The van der Waals surface area contributed by atoms with Crippen molar-refractivity contribution in [2.24, 2.45) is 0 Å². The number of rotatable bonds is 7. The van der Waals surface area contributed by atoms with Crippen LogP contribution in [0.3, 0.4) is 0 Å². The van der Waals surface area contributed by atoms with Crippen LogP contribution in [-0.2, 0) is 15.6 Å². The summed E-state index contributed by atoms with van der Waals surface area (Å²) in [5, 5.41) is 16.4. The molecule has 0 saturated carbocycles. The summed E-state index contributed by atoms with van der Waals surface area (Å²) in [6.07, 6.45) is -4.86. The highest BCUT2D eigenvalue weighted by Gasteiger charge is 2.35. The van der Waals surface area contributed by atoms with Crippen LogP contribution in [0.1, 0.15) is 10.4 Å². The number of ether oxygens (including phenoxy) is 1. The molecule has 1 unspecified atom stereocenters. The molecular weight excluding hydrogens is 435 g/mol. The topological polar surface area (TPSA) is 75.6 Å². The van der Waals surface area contributed by atoms with Crippen molar-refractivity contribution < 1.29 is 31.4 Å². The van der Waals surface area contributed by atoms with Crippen LogP contribution in [0.15, 0.2) is 63.5 Å². The first kappa shape index (κ1) is 20.8. The van der Waals surface area contributed by atoms with E-state index in [4.69, 9.17) is 0 Å². The lowest BCUT2D eigenvalue weighted by Gasteiger charge is -2.27. The van der Waals surface area contributed by atoms with E-state index in [1.165, 1.54) is 22.7 Å². The molecule has 0 aliphatic carbocycles. The van der Waals surface area contributed by atoms with E-state index in [-0.39, 0.29) is 11.4 Å². The third kappa shape index (κ3) is 4.73. The summed E-state index contributed by atoms with van der Waals surface area (Å²) >= 11 is 2.64. The summed E-state index contributed by atoms with van der Waals surface area (Å²) in [6, 6.07) is 8.95. The Morgan fingerprint density at radius 3 is 2.32 bits per heavy atom. The normalized spacial score (nSPS) is 14.6. The molecule has 11 heteroatoms. The molecule has 2 N–H and O–H groups in total. The number of benzene rings is 1. The van der Waals surface area contributed by atoms with Crippen molar-refractivity contribution in [1.82, 2.24) is 4.72 Å². The molecule has 0 saturated heterocycles. The van der Waals surface area contributed by atoms with E-state index in [2.05, 4.69) is 9.46 Å². The van der Waals surface area contributed by atoms with E-state index in [1.807, 2.05) is 0 Å². The quantitative estimate of drug-likeness (QED) is 0.573. The van der Waals surface area contributed by atoms with Gasteiger partial charge in [0.15, 0.2) is 0 Å². The molecule has 0 aliphatic rings. The molecule has 0 fully saturated rings. The number of alkyl halides is 3. The summed E-state index contributed by atoms with van der Waals surface area (Å²) < 4.78 is 67.8. The van der Waals surface area contributed by atoms with Crippen molar-refractivity contribution in [3.05, 3.63) is 69.0 Å². The van der Waals surface area contributed by atoms with Gasteiger partial charge in [-0.2, -0.15) is 11.3 Å². The lowest BCUT2D eigenvalue weighted by molar-refractivity contribution is -0.274. The standard InChI is InChI=1S/C17H14F3NO4S3/c18-17(19,20)25-13-3-5-14(6-4-13)28(23,24)21-11-16(22,12-7-9-26-10-12)15-2-1-8-27-15/h1-10,21-22H,11H2. The van der Waals surface area contributed by atoms with E-state index in [9.17, 15) is 26.7 Å². The molecule has 3 aromatic rings. The number of hydrogen-bond donors (Lipinski definition) is 2. The van der Waals surface area contributed by atoms with Crippen LogP contribution in [0.25, 0.3) is 0 Å².